The highest BCUT2D eigenvalue weighted by Crippen LogP contribution is 2.58. The maximum atomic E-state index is 14.9. The van der Waals surface area contributed by atoms with Crippen LogP contribution in [-0.4, -0.2) is 142 Å². The monoisotopic (exact) mass is 881 g/mol. The molecular formula is C46H63N3O14. The molecule has 4 saturated heterocycles. The fourth-order valence-electron chi connectivity index (χ4n) is 9.65. The zero-order chi connectivity index (χ0) is 44.7. The van der Waals surface area contributed by atoms with E-state index >= 15 is 0 Å². The molecule has 17 nitrogen and oxygen atoms in total. The molecule has 7 rings (SSSR count). The molecule has 0 unspecified atom stereocenters. The van der Waals surface area contributed by atoms with Crippen LogP contribution >= 0.6 is 0 Å². The minimum atomic E-state index is -1.55. The van der Waals surface area contributed by atoms with Crippen LogP contribution in [0.15, 0.2) is 54.6 Å². The van der Waals surface area contributed by atoms with E-state index in [1.165, 1.54) is 0 Å². The molecule has 0 radical (unpaired) electrons. The zero-order valence-electron chi connectivity index (χ0n) is 36.0. The summed E-state index contributed by atoms with van der Waals surface area (Å²) in [5.41, 5.74) is 1.16. The summed E-state index contributed by atoms with van der Waals surface area (Å²) in [6.45, 7) is 3.78. The number of carbonyl (C=O) groups excluding carboxylic acids is 3. The number of unbranched alkanes of at least 4 members (excludes halogenated alkanes) is 4. The van der Waals surface area contributed by atoms with Crippen molar-refractivity contribution in [3.05, 3.63) is 76.9 Å². The van der Waals surface area contributed by atoms with Crippen molar-refractivity contribution in [2.45, 2.75) is 152 Å². The molecule has 2 aromatic carbocycles. The Morgan fingerprint density at radius 2 is 1.63 bits per heavy atom. The molecule has 5 fully saturated rings. The number of benzene rings is 2. The zero-order valence-corrected chi connectivity index (χ0v) is 36.0. The lowest BCUT2D eigenvalue weighted by Gasteiger charge is -2.48. The average Bonchev–Trinajstić information content (AvgIpc) is 3.84. The van der Waals surface area contributed by atoms with E-state index in [1.807, 2.05) is 24.3 Å². The lowest BCUT2D eigenvalue weighted by molar-refractivity contribution is -0.298. The number of nitrogens with zero attached hydrogens (tertiary/aromatic N) is 1. The SMILES string of the molecule is CCCCCC1(CCCCC)O[C@@H]2[C@H](O1)[C@H]1ON(Cc3cccc(C=CCO[C@H]4O[C@H](CO)[C@H](O)[C@H](O)[C@H]4O)c3)[C@H]3C(=O)O[C@@H]2C[C@@]13C(=O)NCc1cccc(C(=O)NCCO)c1. The lowest BCUT2D eigenvalue weighted by atomic mass is 9.62. The molecule has 7 N–H and O–H groups in total. The number of aliphatic hydroxyl groups is 5. The van der Waals surface area contributed by atoms with Gasteiger partial charge in [0.05, 0.1) is 26.4 Å². The van der Waals surface area contributed by atoms with Crippen molar-refractivity contribution in [3.63, 3.8) is 0 Å². The molecule has 11 atom stereocenters. The van der Waals surface area contributed by atoms with Crippen molar-refractivity contribution in [2.75, 3.05) is 26.4 Å². The van der Waals surface area contributed by atoms with Crippen molar-refractivity contribution in [1.82, 2.24) is 15.7 Å². The van der Waals surface area contributed by atoms with Gasteiger partial charge in [0.25, 0.3) is 5.91 Å². The third-order valence-electron chi connectivity index (χ3n) is 12.8. The Morgan fingerprint density at radius 1 is 0.905 bits per heavy atom. The smallest absolute Gasteiger partial charge is 0.327 e. The van der Waals surface area contributed by atoms with Gasteiger partial charge in [0.1, 0.15) is 54.2 Å². The first-order valence-corrected chi connectivity index (χ1v) is 22.4. The van der Waals surface area contributed by atoms with Gasteiger partial charge in [0, 0.05) is 37.9 Å². The predicted molar refractivity (Wildman–Crippen MR) is 225 cm³/mol. The first-order chi connectivity index (χ1) is 30.5. The van der Waals surface area contributed by atoms with E-state index in [0.29, 0.717) is 24.0 Å². The summed E-state index contributed by atoms with van der Waals surface area (Å²) >= 11 is 0. The van der Waals surface area contributed by atoms with Crippen molar-refractivity contribution in [3.8, 4) is 0 Å². The number of amides is 2. The molecule has 2 aromatic rings. The molecule has 2 amide bonds. The molecular weight excluding hydrogens is 819 g/mol. The number of nitrogens with one attached hydrogen (secondary N) is 2. The predicted octanol–water partition coefficient (Wildman–Crippen LogP) is 2.00. The summed E-state index contributed by atoms with van der Waals surface area (Å²) in [4.78, 5) is 48.7. The summed E-state index contributed by atoms with van der Waals surface area (Å²) in [5.74, 6) is -2.26. The lowest BCUT2D eigenvalue weighted by Crippen LogP contribution is -2.69. The number of esters is 1. The van der Waals surface area contributed by atoms with Crippen LogP contribution in [0.4, 0.5) is 0 Å². The van der Waals surface area contributed by atoms with Gasteiger partial charge in [-0.2, -0.15) is 5.06 Å². The number of hydrogen-bond donors (Lipinski definition) is 7. The number of fused-ring (bicyclic) bond motifs is 4. The van der Waals surface area contributed by atoms with Gasteiger partial charge in [-0.3, -0.25) is 19.2 Å². The highest BCUT2D eigenvalue weighted by atomic mass is 16.8. The van der Waals surface area contributed by atoms with Crippen LogP contribution in [0, 0.1) is 5.41 Å². The quantitative estimate of drug-likeness (QED) is 0.0702. The van der Waals surface area contributed by atoms with E-state index in [4.69, 9.17) is 33.6 Å². The summed E-state index contributed by atoms with van der Waals surface area (Å²) in [6, 6.07) is 13.2. The van der Waals surface area contributed by atoms with E-state index in [9.17, 15) is 34.8 Å². The molecule has 63 heavy (non-hydrogen) atoms. The molecule has 2 bridgehead atoms. The van der Waals surface area contributed by atoms with Crippen molar-refractivity contribution in [2.24, 2.45) is 5.41 Å². The highest BCUT2D eigenvalue weighted by Gasteiger charge is 2.76. The first kappa shape index (κ1) is 47.1. The summed E-state index contributed by atoms with van der Waals surface area (Å²) in [6.07, 6.45) is 0.841. The summed E-state index contributed by atoms with van der Waals surface area (Å²) in [7, 11) is 0. The van der Waals surface area contributed by atoms with Gasteiger partial charge in [0.15, 0.2) is 18.1 Å². The van der Waals surface area contributed by atoms with Gasteiger partial charge in [-0.05, 0) is 41.7 Å². The molecule has 5 aliphatic rings. The molecule has 1 aliphatic carbocycles. The number of hydrogen-bond acceptors (Lipinski definition) is 15. The summed E-state index contributed by atoms with van der Waals surface area (Å²) in [5, 5.41) is 56.4. The third kappa shape index (κ3) is 10.0. The second kappa shape index (κ2) is 21.0. The number of hydroxylamine groups is 2. The Balaban J connectivity index is 1.12. The highest BCUT2D eigenvalue weighted by molar-refractivity contribution is 5.95. The van der Waals surface area contributed by atoms with Gasteiger partial charge in [0.2, 0.25) is 5.91 Å². The minimum Gasteiger partial charge on any atom is -0.458 e. The Kier molecular flexibility index (Phi) is 15.7. The standard InChI is InChI=1S/C46H63N3O14/c1-3-5-7-17-45(18-8-6-4-2)61-37-32-24-46(44(57)48-25-29-13-10-16-31(23-29)41(55)47-19-20-50)39(42(56)59-32)49(63-40(46)38(37)62-45)26-30-14-9-12-28(22-30)15-11-21-58-43-36(54)35(53)34(52)33(27-51)60-43/h9-16,22-23,32-40,43,50-54H,3-8,17-21,24-27H2,1-2H3,(H,47,55)(H,48,57)/t32-,33-,34+,35+,36-,37+,38+,39+,40-,43+,46+/m1/s1. The van der Waals surface area contributed by atoms with Gasteiger partial charge in [-0.1, -0.05) is 88.1 Å². The maximum Gasteiger partial charge on any atom is 0.327 e. The fourth-order valence-corrected chi connectivity index (χ4v) is 9.65. The Morgan fingerprint density at radius 3 is 2.37 bits per heavy atom. The Hall–Kier alpha value is -3.85. The Bertz CT molecular complexity index is 1900. The summed E-state index contributed by atoms with van der Waals surface area (Å²) < 4.78 is 31.1. The van der Waals surface area contributed by atoms with Crippen molar-refractivity contribution < 1.29 is 68.4 Å². The van der Waals surface area contributed by atoms with Crippen LogP contribution in [-0.2, 0) is 51.2 Å². The van der Waals surface area contributed by atoms with E-state index < -0.39 is 90.8 Å². The van der Waals surface area contributed by atoms with Crippen molar-refractivity contribution >= 4 is 23.9 Å². The molecule has 4 aliphatic heterocycles. The first-order valence-electron chi connectivity index (χ1n) is 22.4. The molecule has 0 spiro atoms. The van der Waals surface area contributed by atoms with Gasteiger partial charge >= 0.3 is 5.97 Å². The second-order valence-corrected chi connectivity index (χ2v) is 17.3. The number of aliphatic hydroxyl groups excluding tert-OH is 5. The van der Waals surface area contributed by atoms with Crippen LogP contribution in [0.1, 0.15) is 98.7 Å². The third-order valence-corrected chi connectivity index (χ3v) is 12.8. The van der Waals surface area contributed by atoms with Crippen LogP contribution in [0.5, 0.6) is 0 Å². The average molecular weight is 882 g/mol. The molecule has 4 heterocycles. The number of carbonyl (C=O) groups is 3. The van der Waals surface area contributed by atoms with Crippen LogP contribution in [0.3, 0.4) is 0 Å². The number of ether oxygens (including phenoxy) is 5. The van der Waals surface area contributed by atoms with Crippen molar-refractivity contribution in [1.29, 1.82) is 0 Å². The van der Waals surface area contributed by atoms with Crippen LogP contribution in [0.25, 0.3) is 6.08 Å². The van der Waals surface area contributed by atoms with Gasteiger partial charge in [-0.15, -0.1) is 0 Å². The normalized spacial score (nSPS) is 32.1. The maximum absolute atomic E-state index is 14.9. The van der Waals surface area contributed by atoms with Crippen LogP contribution < -0.4 is 10.6 Å². The number of rotatable bonds is 21. The largest absolute Gasteiger partial charge is 0.458 e. The molecule has 346 valence electrons. The van der Waals surface area contributed by atoms with Gasteiger partial charge in [-0.25, -0.2) is 0 Å². The molecule has 0 aromatic heterocycles. The fraction of sp³-hybridized carbons (Fsp3) is 0.630. The topological polar surface area (TPSA) is 235 Å². The van der Waals surface area contributed by atoms with E-state index in [-0.39, 0.29) is 45.2 Å². The van der Waals surface area contributed by atoms with Gasteiger partial charge < -0.3 is 59.9 Å². The Labute approximate surface area is 367 Å². The molecule has 17 heteroatoms. The van der Waals surface area contributed by atoms with Crippen LogP contribution in [0.2, 0.25) is 0 Å². The second-order valence-electron chi connectivity index (χ2n) is 17.3. The van der Waals surface area contributed by atoms with E-state index in [1.54, 1.807) is 41.5 Å². The van der Waals surface area contributed by atoms with E-state index in [0.717, 1.165) is 49.7 Å². The minimum absolute atomic E-state index is 0.0270. The molecule has 1 saturated carbocycles. The van der Waals surface area contributed by atoms with E-state index in [2.05, 4.69) is 24.5 Å².